The van der Waals surface area contributed by atoms with Crippen LogP contribution in [0.5, 0.6) is 0 Å². The zero-order valence-electron chi connectivity index (χ0n) is 5.76. The summed E-state index contributed by atoms with van der Waals surface area (Å²) in [6.07, 6.45) is 0. The molecule has 1 aromatic carbocycles. The number of rotatable bonds is 0. The van der Waals surface area contributed by atoms with Gasteiger partial charge in [0.2, 0.25) is 0 Å². The molecule has 0 aliphatic carbocycles. The first-order chi connectivity index (χ1) is 4.20. The smallest absolute Gasteiger partial charge is 0.781 e. The Balaban J connectivity index is 0.000000810. The standard InChI is InChI=1S/C7H8S2.Zn/c1-5-2-3-6(8)7(9)4-5;/h2-4,8-9H,1H3;/q;+2/p-2. The van der Waals surface area contributed by atoms with Crippen LogP contribution in [0.1, 0.15) is 5.56 Å². The molecule has 0 radical (unpaired) electrons. The van der Waals surface area contributed by atoms with Gasteiger partial charge in [-0.05, 0) is 6.92 Å². The summed E-state index contributed by atoms with van der Waals surface area (Å²) >= 11 is 9.85. The van der Waals surface area contributed by atoms with E-state index in [0.29, 0.717) is 0 Å². The second kappa shape index (κ2) is 4.22. The van der Waals surface area contributed by atoms with E-state index in [1.54, 1.807) is 0 Å². The van der Waals surface area contributed by atoms with Crippen LogP contribution in [0.15, 0.2) is 28.0 Å². The molecule has 0 aliphatic rings. The van der Waals surface area contributed by atoms with Crippen molar-refractivity contribution in [2.45, 2.75) is 16.7 Å². The van der Waals surface area contributed by atoms with Crippen LogP contribution in [-0.2, 0) is 44.7 Å². The average Bonchev–Trinajstić information content (AvgIpc) is 1.80. The Hall–Kier alpha value is 0.283. The van der Waals surface area contributed by atoms with Crippen LogP contribution in [0.3, 0.4) is 0 Å². The SMILES string of the molecule is Cc1ccc([S-])c([S-])c1.[Zn+2]. The minimum Gasteiger partial charge on any atom is -0.781 e. The molecule has 0 atom stereocenters. The summed E-state index contributed by atoms with van der Waals surface area (Å²) in [5.74, 6) is 0. The van der Waals surface area contributed by atoms with Crippen LogP contribution >= 0.6 is 0 Å². The minimum atomic E-state index is 0. The average molecular weight is 220 g/mol. The van der Waals surface area contributed by atoms with Crippen LogP contribution < -0.4 is 0 Å². The maximum absolute atomic E-state index is 4.94. The van der Waals surface area contributed by atoms with Gasteiger partial charge < -0.3 is 25.3 Å². The van der Waals surface area contributed by atoms with Crippen molar-refractivity contribution in [2.24, 2.45) is 0 Å². The van der Waals surface area contributed by atoms with Gasteiger partial charge in [-0.1, -0.05) is 23.8 Å². The summed E-state index contributed by atoms with van der Waals surface area (Å²) in [5, 5.41) is 0. The summed E-state index contributed by atoms with van der Waals surface area (Å²) in [6.45, 7) is 2.00. The summed E-state index contributed by atoms with van der Waals surface area (Å²) in [7, 11) is 0. The van der Waals surface area contributed by atoms with Gasteiger partial charge in [0, 0.05) is 0 Å². The third kappa shape index (κ3) is 2.49. The molecule has 10 heavy (non-hydrogen) atoms. The Morgan fingerprint density at radius 2 is 1.70 bits per heavy atom. The fraction of sp³-hybridized carbons (Fsp3) is 0.143. The Bertz CT molecular complexity index is 223. The van der Waals surface area contributed by atoms with E-state index in [4.69, 9.17) is 25.3 Å². The number of hydrogen-bond donors (Lipinski definition) is 0. The van der Waals surface area contributed by atoms with Crippen molar-refractivity contribution in [2.75, 3.05) is 0 Å². The van der Waals surface area contributed by atoms with Crippen molar-refractivity contribution < 1.29 is 19.5 Å². The minimum absolute atomic E-state index is 0. The molecule has 48 valence electrons. The van der Waals surface area contributed by atoms with Gasteiger partial charge in [-0.25, -0.2) is 0 Å². The maximum atomic E-state index is 4.94. The van der Waals surface area contributed by atoms with Crippen LogP contribution in [0.2, 0.25) is 0 Å². The molecular weight excluding hydrogens is 214 g/mol. The zero-order chi connectivity index (χ0) is 6.85. The van der Waals surface area contributed by atoms with Crippen molar-refractivity contribution in [3.63, 3.8) is 0 Å². The summed E-state index contributed by atoms with van der Waals surface area (Å²) in [6, 6.07) is 5.75. The third-order valence-corrected chi connectivity index (χ3v) is 1.92. The molecule has 0 aliphatic heterocycles. The van der Waals surface area contributed by atoms with Crippen LogP contribution in [0, 0.1) is 6.92 Å². The molecular formula is C7H6S2Zn. The molecule has 0 bridgehead atoms. The molecule has 0 amide bonds. The first-order valence-electron chi connectivity index (χ1n) is 2.65. The monoisotopic (exact) mass is 218 g/mol. The Morgan fingerprint density at radius 1 is 1.10 bits per heavy atom. The number of hydrogen-bond acceptors (Lipinski definition) is 2. The Kier molecular flexibility index (Phi) is 4.34. The van der Waals surface area contributed by atoms with E-state index in [0.717, 1.165) is 9.79 Å². The summed E-state index contributed by atoms with van der Waals surface area (Å²) < 4.78 is 0. The van der Waals surface area contributed by atoms with Gasteiger partial charge in [-0.2, -0.15) is 9.79 Å². The fourth-order valence-electron chi connectivity index (χ4n) is 0.615. The molecule has 3 heteroatoms. The largest absolute Gasteiger partial charge is 2.00 e. The van der Waals surface area contributed by atoms with Crippen molar-refractivity contribution >= 4 is 25.3 Å². The molecule has 0 N–H and O–H groups in total. The normalized spacial score (nSPS) is 8.50. The van der Waals surface area contributed by atoms with Gasteiger partial charge in [-0.3, -0.25) is 0 Å². The molecule has 0 aromatic heterocycles. The predicted octanol–water partition coefficient (Wildman–Crippen LogP) is 1.80. The van der Waals surface area contributed by atoms with E-state index in [1.165, 1.54) is 5.56 Å². The van der Waals surface area contributed by atoms with E-state index in [2.05, 4.69) is 0 Å². The molecule has 0 fully saturated rings. The van der Waals surface area contributed by atoms with Crippen LogP contribution in [0.25, 0.3) is 0 Å². The first kappa shape index (κ1) is 10.3. The fourth-order valence-corrected chi connectivity index (χ4v) is 0.996. The predicted molar refractivity (Wildman–Crippen MR) is 42.4 cm³/mol. The van der Waals surface area contributed by atoms with Gasteiger partial charge in [0.15, 0.2) is 0 Å². The number of aryl methyl sites for hydroxylation is 1. The molecule has 1 aromatic rings. The van der Waals surface area contributed by atoms with Crippen molar-refractivity contribution in [3.8, 4) is 0 Å². The molecule has 0 nitrogen and oxygen atoms in total. The third-order valence-electron chi connectivity index (χ3n) is 1.10. The van der Waals surface area contributed by atoms with Crippen molar-refractivity contribution in [3.05, 3.63) is 23.8 Å². The zero-order valence-corrected chi connectivity index (χ0v) is 10.4. The first-order valence-corrected chi connectivity index (χ1v) is 3.46. The Morgan fingerprint density at radius 3 is 2.10 bits per heavy atom. The second-order valence-electron chi connectivity index (χ2n) is 1.95. The Labute approximate surface area is 85.0 Å². The van der Waals surface area contributed by atoms with Gasteiger partial charge in [0.25, 0.3) is 0 Å². The topological polar surface area (TPSA) is 0 Å². The molecule has 0 spiro atoms. The van der Waals surface area contributed by atoms with E-state index in [9.17, 15) is 0 Å². The van der Waals surface area contributed by atoms with Crippen molar-refractivity contribution in [1.82, 2.24) is 0 Å². The van der Waals surface area contributed by atoms with E-state index >= 15 is 0 Å². The van der Waals surface area contributed by atoms with E-state index in [1.807, 2.05) is 25.1 Å². The summed E-state index contributed by atoms with van der Waals surface area (Å²) in [5.41, 5.74) is 1.17. The maximum Gasteiger partial charge on any atom is 2.00 e. The van der Waals surface area contributed by atoms with E-state index in [-0.39, 0.29) is 19.5 Å². The van der Waals surface area contributed by atoms with Gasteiger partial charge in [0.05, 0.1) is 0 Å². The quantitative estimate of drug-likeness (QED) is 0.482. The summed E-state index contributed by atoms with van der Waals surface area (Å²) in [4.78, 5) is 1.56. The molecule has 0 heterocycles. The molecule has 0 saturated heterocycles. The van der Waals surface area contributed by atoms with Crippen LogP contribution in [0.4, 0.5) is 0 Å². The number of benzene rings is 1. The van der Waals surface area contributed by atoms with Crippen LogP contribution in [-0.4, -0.2) is 0 Å². The van der Waals surface area contributed by atoms with E-state index < -0.39 is 0 Å². The van der Waals surface area contributed by atoms with Gasteiger partial charge in [0.1, 0.15) is 0 Å². The molecule has 0 saturated carbocycles. The molecule has 1 rings (SSSR count). The van der Waals surface area contributed by atoms with Crippen molar-refractivity contribution in [1.29, 1.82) is 0 Å². The molecule has 0 unspecified atom stereocenters. The van der Waals surface area contributed by atoms with Gasteiger partial charge in [-0.15, -0.1) is 0 Å². The second-order valence-corrected chi connectivity index (χ2v) is 2.83. The van der Waals surface area contributed by atoms with Gasteiger partial charge >= 0.3 is 19.5 Å².